The van der Waals surface area contributed by atoms with E-state index in [9.17, 15) is 9.59 Å². The normalized spacial score (nSPS) is 12.5. The van der Waals surface area contributed by atoms with Crippen LogP contribution in [0.1, 0.15) is 265 Å². The summed E-state index contributed by atoms with van der Waals surface area (Å²) < 4.78 is 17.4. The predicted molar refractivity (Wildman–Crippen MR) is 261 cm³/mol. The number of rotatable bonds is 48. The molecule has 0 aliphatic rings. The summed E-state index contributed by atoms with van der Waals surface area (Å²) in [5.74, 6) is -0.404. The molecule has 5 heteroatoms. The van der Waals surface area contributed by atoms with E-state index in [0.717, 1.165) is 70.6 Å². The van der Waals surface area contributed by atoms with Crippen LogP contribution in [0.3, 0.4) is 0 Å². The first-order valence-electron chi connectivity index (χ1n) is 26.2. The van der Waals surface area contributed by atoms with Gasteiger partial charge >= 0.3 is 11.9 Å². The van der Waals surface area contributed by atoms with Crippen LogP contribution >= 0.6 is 0 Å². The SMILES string of the molecule is CC/C=C\C/C=C\C/C=C\C/C=C\CCCCCCCCC(=O)OCC(COCCCCCCCCCCCCCCCCCC)OC(=O)CCCCCCCCCCC. The summed E-state index contributed by atoms with van der Waals surface area (Å²) in [6.45, 7) is 7.73. The van der Waals surface area contributed by atoms with Gasteiger partial charge in [0.05, 0.1) is 6.61 Å². The molecule has 0 N–H and O–H groups in total. The molecule has 350 valence electrons. The standard InChI is InChI=1S/C55H100O5/c1-4-7-10-13-16-19-21-23-25-27-28-29-30-32-34-37-39-42-45-48-54(56)59-52-53(60-55(57)49-46-43-40-36-18-15-12-9-6-3)51-58-50-47-44-41-38-35-33-31-26-24-22-20-17-14-11-8-5-2/h7,10,16,19,23,25,28-29,53H,4-6,8-9,11-15,17-18,20-22,24,26-27,30-52H2,1-3H3/b10-7-,19-16-,25-23-,29-28-. The number of allylic oxidation sites excluding steroid dienone is 8. The average Bonchev–Trinajstić information content (AvgIpc) is 3.25. The van der Waals surface area contributed by atoms with E-state index in [0.29, 0.717) is 19.4 Å². The highest BCUT2D eigenvalue weighted by atomic mass is 16.6. The maximum Gasteiger partial charge on any atom is 0.306 e. The average molecular weight is 841 g/mol. The molecule has 0 aromatic carbocycles. The van der Waals surface area contributed by atoms with Crippen molar-refractivity contribution in [1.29, 1.82) is 0 Å². The fraction of sp³-hybridized carbons (Fsp3) is 0.818. The summed E-state index contributed by atoms with van der Waals surface area (Å²) in [5, 5.41) is 0. The Hall–Kier alpha value is -2.14. The molecule has 0 rings (SSSR count). The summed E-state index contributed by atoms with van der Waals surface area (Å²) in [5.41, 5.74) is 0. The number of carbonyl (C=O) groups is 2. The minimum Gasteiger partial charge on any atom is -0.462 e. The minimum atomic E-state index is -0.536. The van der Waals surface area contributed by atoms with Crippen molar-refractivity contribution < 1.29 is 23.8 Å². The smallest absolute Gasteiger partial charge is 0.306 e. The van der Waals surface area contributed by atoms with Gasteiger partial charge in [0, 0.05) is 19.4 Å². The van der Waals surface area contributed by atoms with Crippen LogP contribution in [0.5, 0.6) is 0 Å². The van der Waals surface area contributed by atoms with E-state index in [1.807, 2.05) is 0 Å². The van der Waals surface area contributed by atoms with E-state index in [4.69, 9.17) is 14.2 Å². The van der Waals surface area contributed by atoms with Crippen LogP contribution < -0.4 is 0 Å². The van der Waals surface area contributed by atoms with Gasteiger partial charge < -0.3 is 14.2 Å². The van der Waals surface area contributed by atoms with E-state index in [-0.39, 0.29) is 25.2 Å². The molecule has 0 fully saturated rings. The molecule has 0 aliphatic heterocycles. The molecule has 0 aliphatic carbocycles. The second kappa shape index (κ2) is 51.2. The maximum absolute atomic E-state index is 12.7. The summed E-state index contributed by atoms with van der Waals surface area (Å²) >= 11 is 0. The topological polar surface area (TPSA) is 61.8 Å². The Morgan fingerprint density at radius 1 is 0.383 bits per heavy atom. The second-order valence-corrected chi connectivity index (χ2v) is 17.4. The molecule has 0 amide bonds. The van der Waals surface area contributed by atoms with Gasteiger partial charge in [0.25, 0.3) is 0 Å². The van der Waals surface area contributed by atoms with Crippen molar-refractivity contribution in [3.05, 3.63) is 48.6 Å². The lowest BCUT2D eigenvalue weighted by atomic mass is 10.0. The highest BCUT2D eigenvalue weighted by molar-refractivity contribution is 5.70. The Morgan fingerprint density at radius 3 is 1.20 bits per heavy atom. The Balaban J connectivity index is 4.17. The molecule has 60 heavy (non-hydrogen) atoms. The Bertz CT molecular complexity index is 997. The quantitative estimate of drug-likeness (QED) is 0.0347. The summed E-state index contributed by atoms with van der Waals surface area (Å²) in [4.78, 5) is 25.3. The van der Waals surface area contributed by atoms with Crippen molar-refractivity contribution in [3.63, 3.8) is 0 Å². The van der Waals surface area contributed by atoms with Gasteiger partial charge in [-0.1, -0.05) is 243 Å². The lowest BCUT2D eigenvalue weighted by Crippen LogP contribution is -2.30. The van der Waals surface area contributed by atoms with E-state index < -0.39 is 6.10 Å². The zero-order valence-electron chi connectivity index (χ0n) is 40.2. The Labute approximate surface area is 373 Å². The monoisotopic (exact) mass is 841 g/mol. The minimum absolute atomic E-state index is 0.0819. The first kappa shape index (κ1) is 57.9. The van der Waals surface area contributed by atoms with E-state index in [2.05, 4.69) is 69.4 Å². The van der Waals surface area contributed by atoms with Gasteiger partial charge in [-0.3, -0.25) is 9.59 Å². The molecular weight excluding hydrogens is 741 g/mol. The number of hydrogen-bond donors (Lipinski definition) is 0. The number of ether oxygens (including phenoxy) is 3. The van der Waals surface area contributed by atoms with Crippen molar-refractivity contribution >= 4 is 11.9 Å². The summed E-state index contributed by atoms with van der Waals surface area (Å²) in [6, 6.07) is 0. The van der Waals surface area contributed by atoms with E-state index in [1.54, 1.807) is 0 Å². The van der Waals surface area contributed by atoms with Crippen LogP contribution in [-0.4, -0.2) is 37.9 Å². The van der Waals surface area contributed by atoms with Crippen LogP contribution in [0.25, 0.3) is 0 Å². The van der Waals surface area contributed by atoms with Gasteiger partial charge in [0.2, 0.25) is 0 Å². The second-order valence-electron chi connectivity index (χ2n) is 17.4. The van der Waals surface area contributed by atoms with Gasteiger partial charge in [-0.15, -0.1) is 0 Å². The highest BCUT2D eigenvalue weighted by Crippen LogP contribution is 2.15. The first-order valence-corrected chi connectivity index (χ1v) is 26.2. The van der Waals surface area contributed by atoms with Crippen molar-refractivity contribution in [2.45, 2.75) is 271 Å². The lowest BCUT2D eigenvalue weighted by molar-refractivity contribution is -0.163. The maximum atomic E-state index is 12.7. The van der Waals surface area contributed by atoms with Crippen molar-refractivity contribution in [1.82, 2.24) is 0 Å². The molecule has 0 aromatic heterocycles. The zero-order valence-corrected chi connectivity index (χ0v) is 40.2. The van der Waals surface area contributed by atoms with Crippen molar-refractivity contribution in [2.24, 2.45) is 0 Å². The third-order valence-corrected chi connectivity index (χ3v) is 11.4. The molecule has 0 radical (unpaired) electrons. The largest absolute Gasteiger partial charge is 0.462 e. The van der Waals surface area contributed by atoms with Crippen molar-refractivity contribution in [2.75, 3.05) is 19.8 Å². The molecule has 0 heterocycles. The summed E-state index contributed by atoms with van der Waals surface area (Å²) in [7, 11) is 0. The number of carbonyl (C=O) groups excluding carboxylic acids is 2. The fourth-order valence-electron chi connectivity index (χ4n) is 7.50. The van der Waals surface area contributed by atoms with Crippen LogP contribution in [0.2, 0.25) is 0 Å². The Kier molecular flexibility index (Phi) is 49.4. The van der Waals surface area contributed by atoms with Crippen molar-refractivity contribution in [3.8, 4) is 0 Å². The molecule has 5 nitrogen and oxygen atoms in total. The zero-order chi connectivity index (χ0) is 43.5. The molecule has 0 bridgehead atoms. The van der Waals surface area contributed by atoms with Gasteiger partial charge in [-0.05, 0) is 57.8 Å². The molecule has 1 unspecified atom stereocenters. The van der Waals surface area contributed by atoms with Gasteiger partial charge in [-0.25, -0.2) is 0 Å². The van der Waals surface area contributed by atoms with Crippen LogP contribution in [0, 0.1) is 0 Å². The van der Waals surface area contributed by atoms with Gasteiger partial charge in [0.1, 0.15) is 6.61 Å². The number of esters is 2. The highest BCUT2D eigenvalue weighted by Gasteiger charge is 2.17. The summed E-state index contributed by atoms with van der Waals surface area (Å²) in [6.07, 6.45) is 62.6. The van der Waals surface area contributed by atoms with Crippen LogP contribution in [0.15, 0.2) is 48.6 Å². The van der Waals surface area contributed by atoms with E-state index >= 15 is 0 Å². The van der Waals surface area contributed by atoms with E-state index in [1.165, 1.54) is 161 Å². The molecule has 0 saturated carbocycles. The molecule has 0 spiro atoms. The van der Waals surface area contributed by atoms with Gasteiger partial charge in [0.15, 0.2) is 6.10 Å². The lowest BCUT2D eigenvalue weighted by Gasteiger charge is -2.18. The predicted octanol–water partition coefficient (Wildman–Crippen LogP) is 17.6. The number of unbranched alkanes of at least 4 members (excludes halogenated alkanes) is 29. The molecule has 0 saturated heterocycles. The fourth-order valence-corrected chi connectivity index (χ4v) is 7.50. The van der Waals surface area contributed by atoms with Gasteiger partial charge in [-0.2, -0.15) is 0 Å². The third kappa shape index (κ3) is 48.5. The Morgan fingerprint density at radius 2 is 0.750 bits per heavy atom. The van der Waals surface area contributed by atoms with Crippen LogP contribution in [0.4, 0.5) is 0 Å². The molecule has 1 atom stereocenters. The van der Waals surface area contributed by atoms with Crippen LogP contribution in [-0.2, 0) is 23.8 Å². The third-order valence-electron chi connectivity index (χ3n) is 11.4. The first-order chi connectivity index (χ1) is 29.6. The molecular formula is C55H100O5. The molecule has 0 aromatic rings. The number of hydrogen-bond acceptors (Lipinski definition) is 5.